The lowest BCUT2D eigenvalue weighted by atomic mass is 10.1. The molecule has 5 heteroatoms. The molecule has 0 fully saturated rings. The number of nitrogens with one attached hydrogen (secondary N) is 2. The second kappa shape index (κ2) is 5.21. The predicted molar refractivity (Wildman–Crippen MR) is 75.9 cm³/mol. The van der Waals surface area contributed by atoms with Gasteiger partial charge in [-0.2, -0.15) is 0 Å². The maximum Gasteiger partial charge on any atom is 0.255 e. The van der Waals surface area contributed by atoms with E-state index < -0.39 is 0 Å². The van der Waals surface area contributed by atoms with Gasteiger partial charge in [0.25, 0.3) is 5.91 Å². The van der Waals surface area contributed by atoms with Crippen molar-refractivity contribution in [1.29, 1.82) is 0 Å². The fourth-order valence-corrected chi connectivity index (χ4v) is 2.31. The summed E-state index contributed by atoms with van der Waals surface area (Å²) >= 11 is 0. The molecule has 1 amide bonds. The van der Waals surface area contributed by atoms with Crippen LogP contribution in [0.2, 0.25) is 0 Å². The summed E-state index contributed by atoms with van der Waals surface area (Å²) in [6, 6.07) is 11.1. The summed E-state index contributed by atoms with van der Waals surface area (Å²) in [7, 11) is 1.74. The number of amides is 1. The molecule has 1 atom stereocenters. The fraction of sp³-hybridized carbons (Fsp3) is 0.200. The van der Waals surface area contributed by atoms with Crippen LogP contribution in [-0.4, -0.2) is 24.5 Å². The van der Waals surface area contributed by atoms with Crippen molar-refractivity contribution >= 4 is 11.7 Å². The molecule has 20 heavy (non-hydrogen) atoms. The lowest BCUT2D eigenvalue weighted by Crippen LogP contribution is -2.30. The number of para-hydroxylation sites is 1. The Hall–Kier alpha value is -2.56. The molecule has 1 aromatic heterocycles. The Morgan fingerprint density at radius 2 is 2.15 bits per heavy atom. The molecule has 2 aromatic rings. The molecule has 2 N–H and O–H groups in total. The zero-order valence-corrected chi connectivity index (χ0v) is 11.1. The van der Waals surface area contributed by atoms with Gasteiger partial charge in [-0.25, -0.2) is 4.98 Å². The van der Waals surface area contributed by atoms with Gasteiger partial charge in [0, 0.05) is 18.8 Å². The Morgan fingerprint density at radius 1 is 1.30 bits per heavy atom. The molecule has 5 nitrogen and oxygen atoms in total. The molecule has 0 spiro atoms. The third-order valence-electron chi connectivity index (χ3n) is 3.29. The summed E-state index contributed by atoms with van der Waals surface area (Å²) in [6.45, 7) is 0.459. The molecular formula is C15H15N3O2. The molecule has 1 aliphatic rings. The summed E-state index contributed by atoms with van der Waals surface area (Å²) in [6.07, 6.45) is 1.65. The van der Waals surface area contributed by atoms with Gasteiger partial charge in [-0.3, -0.25) is 4.79 Å². The Balaban J connectivity index is 1.81. The summed E-state index contributed by atoms with van der Waals surface area (Å²) < 4.78 is 5.56. The highest BCUT2D eigenvalue weighted by atomic mass is 16.5. The van der Waals surface area contributed by atoms with Crippen molar-refractivity contribution in [2.75, 3.05) is 19.0 Å². The zero-order valence-electron chi connectivity index (χ0n) is 11.1. The average Bonchev–Trinajstić information content (AvgIpc) is 2.90. The van der Waals surface area contributed by atoms with Gasteiger partial charge in [0.05, 0.1) is 11.6 Å². The van der Waals surface area contributed by atoms with E-state index in [-0.39, 0.29) is 11.9 Å². The van der Waals surface area contributed by atoms with Gasteiger partial charge in [0.1, 0.15) is 18.2 Å². The van der Waals surface area contributed by atoms with Gasteiger partial charge >= 0.3 is 0 Å². The standard InChI is InChI=1S/C15H15N3O2/c1-16-14-11(6-4-8-17-14)15(19)18-12-9-20-13-7-3-2-5-10(12)13/h2-8,12H,9H2,1H3,(H,16,17)(H,18,19). The van der Waals surface area contributed by atoms with Crippen molar-refractivity contribution < 1.29 is 9.53 Å². The molecule has 0 saturated carbocycles. The van der Waals surface area contributed by atoms with Gasteiger partial charge in [-0.1, -0.05) is 18.2 Å². The Bertz CT molecular complexity index is 643. The smallest absolute Gasteiger partial charge is 0.255 e. The molecule has 0 aliphatic carbocycles. The highest BCUT2D eigenvalue weighted by molar-refractivity contribution is 5.98. The Labute approximate surface area is 117 Å². The first-order valence-corrected chi connectivity index (χ1v) is 6.45. The second-order valence-electron chi connectivity index (χ2n) is 4.52. The third kappa shape index (κ3) is 2.18. The first-order valence-electron chi connectivity index (χ1n) is 6.45. The maximum absolute atomic E-state index is 12.3. The quantitative estimate of drug-likeness (QED) is 0.894. The van der Waals surface area contributed by atoms with Crippen molar-refractivity contribution in [2.24, 2.45) is 0 Å². The topological polar surface area (TPSA) is 63.2 Å². The molecule has 1 aliphatic heterocycles. The number of aromatic nitrogens is 1. The second-order valence-corrected chi connectivity index (χ2v) is 4.52. The monoisotopic (exact) mass is 269 g/mol. The van der Waals surface area contributed by atoms with Gasteiger partial charge < -0.3 is 15.4 Å². The van der Waals surface area contributed by atoms with Crippen molar-refractivity contribution in [1.82, 2.24) is 10.3 Å². The predicted octanol–water partition coefficient (Wildman–Crippen LogP) is 1.99. The van der Waals surface area contributed by atoms with E-state index in [1.54, 1.807) is 25.4 Å². The van der Waals surface area contributed by atoms with Crippen LogP contribution in [0.3, 0.4) is 0 Å². The number of nitrogens with zero attached hydrogens (tertiary/aromatic N) is 1. The summed E-state index contributed by atoms with van der Waals surface area (Å²) in [4.78, 5) is 16.5. The molecule has 3 rings (SSSR count). The number of carbonyl (C=O) groups excluding carboxylic acids is 1. The fourth-order valence-electron chi connectivity index (χ4n) is 2.31. The molecule has 0 saturated heterocycles. The summed E-state index contributed by atoms with van der Waals surface area (Å²) in [5, 5.41) is 5.90. The molecule has 2 heterocycles. The molecule has 102 valence electrons. The normalized spacial score (nSPS) is 16.1. The minimum Gasteiger partial charge on any atom is -0.491 e. The minimum absolute atomic E-state index is 0.122. The van der Waals surface area contributed by atoms with Crippen LogP contribution in [0.1, 0.15) is 22.0 Å². The van der Waals surface area contributed by atoms with E-state index >= 15 is 0 Å². The van der Waals surface area contributed by atoms with Crippen LogP contribution in [0, 0.1) is 0 Å². The van der Waals surface area contributed by atoms with E-state index in [4.69, 9.17) is 4.74 Å². The Morgan fingerprint density at radius 3 is 3.00 bits per heavy atom. The molecule has 1 aromatic carbocycles. The number of rotatable bonds is 3. The van der Waals surface area contributed by atoms with Crippen molar-refractivity contribution in [3.05, 3.63) is 53.7 Å². The number of fused-ring (bicyclic) bond motifs is 1. The van der Waals surface area contributed by atoms with E-state index in [0.29, 0.717) is 18.0 Å². The van der Waals surface area contributed by atoms with Crippen LogP contribution in [0.25, 0.3) is 0 Å². The van der Waals surface area contributed by atoms with Crippen LogP contribution >= 0.6 is 0 Å². The number of pyridine rings is 1. The zero-order chi connectivity index (χ0) is 13.9. The number of ether oxygens (including phenoxy) is 1. The first-order chi connectivity index (χ1) is 9.79. The molecule has 0 bridgehead atoms. The third-order valence-corrected chi connectivity index (χ3v) is 3.29. The van der Waals surface area contributed by atoms with Gasteiger partial charge in [-0.05, 0) is 18.2 Å². The van der Waals surface area contributed by atoms with Gasteiger partial charge in [0.2, 0.25) is 0 Å². The number of hydrogen-bond acceptors (Lipinski definition) is 4. The number of carbonyl (C=O) groups is 1. The highest BCUT2D eigenvalue weighted by Gasteiger charge is 2.26. The molecule has 1 unspecified atom stereocenters. The van der Waals surface area contributed by atoms with Crippen molar-refractivity contribution in [3.8, 4) is 5.75 Å². The first kappa shape index (κ1) is 12.5. The van der Waals surface area contributed by atoms with Crippen LogP contribution < -0.4 is 15.4 Å². The van der Waals surface area contributed by atoms with Crippen molar-refractivity contribution in [3.63, 3.8) is 0 Å². The number of anilines is 1. The molecular weight excluding hydrogens is 254 g/mol. The van der Waals surface area contributed by atoms with Crippen LogP contribution in [0.15, 0.2) is 42.6 Å². The largest absolute Gasteiger partial charge is 0.491 e. The molecule has 0 radical (unpaired) electrons. The van der Waals surface area contributed by atoms with Crippen LogP contribution in [-0.2, 0) is 0 Å². The maximum atomic E-state index is 12.3. The SMILES string of the molecule is CNc1ncccc1C(=O)NC1COc2ccccc21. The number of hydrogen-bond donors (Lipinski definition) is 2. The van der Waals surface area contributed by atoms with Gasteiger partial charge in [0.15, 0.2) is 0 Å². The van der Waals surface area contributed by atoms with Crippen molar-refractivity contribution in [2.45, 2.75) is 6.04 Å². The van der Waals surface area contributed by atoms with Gasteiger partial charge in [-0.15, -0.1) is 0 Å². The average molecular weight is 269 g/mol. The Kier molecular flexibility index (Phi) is 3.25. The number of benzene rings is 1. The van der Waals surface area contributed by atoms with E-state index in [0.717, 1.165) is 11.3 Å². The van der Waals surface area contributed by atoms with E-state index in [9.17, 15) is 4.79 Å². The van der Waals surface area contributed by atoms with Crippen LogP contribution in [0.4, 0.5) is 5.82 Å². The minimum atomic E-state index is -0.159. The summed E-state index contributed by atoms with van der Waals surface area (Å²) in [5.74, 6) is 1.24. The lowest BCUT2D eigenvalue weighted by Gasteiger charge is -2.13. The summed E-state index contributed by atoms with van der Waals surface area (Å²) in [5.41, 5.74) is 1.54. The van der Waals surface area contributed by atoms with E-state index in [1.165, 1.54) is 0 Å². The highest BCUT2D eigenvalue weighted by Crippen LogP contribution is 2.31. The van der Waals surface area contributed by atoms with Crippen LogP contribution in [0.5, 0.6) is 5.75 Å². The van der Waals surface area contributed by atoms with E-state index in [1.807, 2.05) is 24.3 Å². The lowest BCUT2D eigenvalue weighted by molar-refractivity contribution is 0.0931. The van der Waals surface area contributed by atoms with E-state index in [2.05, 4.69) is 15.6 Å².